The van der Waals surface area contributed by atoms with E-state index in [9.17, 15) is 0 Å². The summed E-state index contributed by atoms with van der Waals surface area (Å²) < 4.78 is 15.0. The molecule has 0 amide bonds. The zero-order valence-corrected chi connectivity index (χ0v) is 20.5. The van der Waals surface area contributed by atoms with Gasteiger partial charge in [0.1, 0.15) is 0 Å². The summed E-state index contributed by atoms with van der Waals surface area (Å²) >= 11 is 0. The normalized spacial score (nSPS) is 16.3. The molecular weight excluding hydrogens is 449 g/mol. The number of hydrogen-bond donors (Lipinski definition) is 1. The van der Waals surface area contributed by atoms with Crippen LogP contribution in [0.15, 0.2) is 0 Å². The maximum atomic E-state index is 8.52. The van der Waals surface area contributed by atoms with Crippen molar-refractivity contribution in [2.24, 2.45) is 0 Å². The summed E-state index contributed by atoms with van der Waals surface area (Å²) in [5, 5.41) is 8.52. The summed E-state index contributed by atoms with van der Waals surface area (Å²) in [6.45, 7) is 14.2. The third-order valence-electron chi connectivity index (χ3n) is 3.75. The zero-order chi connectivity index (χ0) is 19.1. The molecule has 3 aliphatic carbocycles. The Morgan fingerprint density at radius 3 is 0.577 bits per heavy atom. The first-order valence-electron chi connectivity index (χ1n) is 9.63. The summed E-state index contributed by atoms with van der Waals surface area (Å²) in [6, 6.07) is 0. The Balaban J connectivity index is -0.0000000692. The minimum Gasteiger partial charge on any atom is 1.00 e. The summed E-state index contributed by atoms with van der Waals surface area (Å²) in [5.74, 6) is 0. The zero-order valence-electron chi connectivity index (χ0n) is 17.2. The standard InChI is InChI=1S/3C5H10.C4H10O.2CO.Ru.Ti/c3*1-2-4-5-3-1;1-4(2,3)5;2*1-2;;/h3*1-5H2;5H,1-3H3;;;;/q;;;;;;+1;+2. The molecule has 5 heteroatoms. The number of hydrogen-bond acceptors (Lipinski definition) is 1. The molecule has 3 saturated carbocycles. The topological polar surface area (TPSA) is 60.0 Å². The van der Waals surface area contributed by atoms with Gasteiger partial charge in [0.25, 0.3) is 0 Å². The molecule has 0 unspecified atom stereocenters. The number of rotatable bonds is 0. The second-order valence-corrected chi connectivity index (χ2v) is 7.47. The van der Waals surface area contributed by atoms with Gasteiger partial charge in [-0.15, -0.1) is 0 Å². The molecule has 3 nitrogen and oxygen atoms in total. The van der Waals surface area contributed by atoms with Gasteiger partial charge >= 0.3 is 63.8 Å². The van der Waals surface area contributed by atoms with Crippen molar-refractivity contribution in [3.8, 4) is 0 Å². The molecule has 0 aliphatic heterocycles. The Labute approximate surface area is 190 Å². The first-order valence-corrected chi connectivity index (χ1v) is 9.63. The van der Waals surface area contributed by atoms with Crippen LogP contribution >= 0.6 is 0 Å². The van der Waals surface area contributed by atoms with Crippen molar-refractivity contribution in [2.45, 2.75) is 123 Å². The maximum absolute atomic E-state index is 8.52. The summed E-state index contributed by atoms with van der Waals surface area (Å²) in [7, 11) is 0. The van der Waals surface area contributed by atoms with Gasteiger partial charge in [0, 0.05) is 0 Å². The van der Waals surface area contributed by atoms with E-state index in [1.54, 1.807) is 20.8 Å². The van der Waals surface area contributed by atoms with Gasteiger partial charge in [0.15, 0.2) is 0 Å². The Morgan fingerprint density at radius 1 is 0.500 bits per heavy atom. The molecule has 3 rings (SSSR count). The third kappa shape index (κ3) is 56.3. The van der Waals surface area contributed by atoms with E-state index in [1.165, 1.54) is 96.3 Å². The van der Waals surface area contributed by atoms with E-state index in [2.05, 4.69) is 13.3 Å². The van der Waals surface area contributed by atoms with E-state index in [4.69, 9.17) is 14.4 Å². The molecule has 3 fully saturated rings. The largest absolute Gasteiger partial charge is 2.00 e. The Kier molecular flexibility index (Phi) is 48.2. The van der Waals surface area contributed by atoms with E-state index < -0.39 is 5.60 Å². The predicted molar refractivity (Wildman–Crippen MR) is 99.1 cm³/mol. The van der Waals surface area contributed by atoms with Crippen molar-refractivity contribution < 1.29 is 55.6 Å². The molecule has 151 valence electrons. The summed E-state index contributed by atoms with van der Waals surface area (Å²) in [4.78, 5) is 0. The van der Waals surface area contributed by atoms with E-state index in [0.29, 0.717) is 0 Å². The molecule has 0 aromatic rings. The number of aliphatic hydroxyl groups is 1. The molecule has 0 heterocycles. The van der Waals surface area contributed by atoms with Crippen molar-refractivity contribution in [2.75, 3.05) is 0 Å². The molecule has 0 atom stereocenters. The quantitative estimate of drug-likeness (QED) is 0.234. The summed E-state index contributed by atoms with van der Waals surface area (Å²) in [5.41, 5.74) is -0.500. The van der Waals surface area contributed by atoms with Crippen LogP contribution in [0.25, 0.3) is 0 Å². The van der Waals surface area contributed by atoms with E-state index in [0.717, 1.165) is 0 Å². The van der Waals surface area contributed by atoms with Crippen LogP contribution in [0.4, 0.5) is 0 Å². The maximum Gasteiger partial charge on any atom is 2.00 e. The molecule has 1 N–H and O–H groups in total. The van der Waals surface area contributed by atoms with E-state index in [-0.39, 0.29) is 41.2 Å². The Bertz CT molecular complexity index is 192. The van der Waals surface area contributed by atoms with Crippen molar-refractivity contribution in [3.05, 3.63) is 13.3 Å². The van der Waals surface area contributed by atoms with Crippen LogP contribution in [0.3, 0.4) is 0 Å². The van der Waals surface area contributed by atoms with Gasteiger partial charge in [-0.25, -0.2) is 0 Å². The molecule has 26 heavy (non-hydrogen) atoms. The molecule has 0 bridgehead atoms. The van der Waals surface area contributed by atoms with Gasteiger partial charge in [0.05, 0.1) is 5.60 Å². The molecule has 0 spiro atoms. The molecular formula is C21H40O3RuTi+3. The first kappa shape index (κ1) is 37.5. The predicted octanol–water partition coefficient (Wildman–Crippen LogP) is 6.55. The third-order valence-corrected chi connectivity index (χ3v) is 3.75. The van der Waals surface area contributed by atoms with Crippen LogP contribution in [0.5, 0.6) is 0 Å². The minimum atomic E-state index is -0.500. The van der Waals surface area contributed by atoms with Crippen molar-refractivity contribution >= 4 is 0 Å². The monoisotopic (exact) mass is 490 g/mol. The van der Waals surface area contributed by atoms with Crippen LogP contribution in [-0.4, -0.2) is 10.7 Å². The van der Waals surface area contributed by atoms with Crippen LogP contribution in [0.2, 0.25) is 0 Å². The molecule has 0 saturated heterocycles. The van der Waals surface area contributed by atoms with Crippen LogP contribution in [0.1, 0.15) is 117 Å². The average molecular weight is 489 g/mol. The van der Waals surface area contributed by atoms with E-state index in [1.807, 2.05) is 0 Å². The molecule has 0 aromatic heterocycles. The Hall–Kier alpha value is 0.778. The molecule has 0 aromatic carbocycles. The second kappa shape index (κ2) is 33.4. The smallest absolute Gasteiger partial charge is 1.00 e. The van der Waals surface area contributed by atoms with Crippen LogP contribution in [-0.2, 0) is 50.5 Å². The Morgan fingerprint density at radius 2 is 0.538 bits per heavy atom. The fourth-order valence-corrected chi connectivity index (χ4v) is 2.65. The van der Waals surface area contributed by atoms with Gasteiger partial charge in [-0.05, 0) is 20.8 Å². The van der Waals surface area contributed by atoms with Gasteiger partial charge in [-0.2, -0.15) is 0 Å². The van der Waals surface area contributed by atoms with Crippen LogP contribution in [0, 0.1) is 13.3 Å². The fraction of sp³-hybridized carbons (Fsp3) is 0.905. The molecule has 1 radical (unpaired) electrons. The van der Waals surface area contributed by atoms with Crippen molar-refractivity contribution in [1.82, 2.24) is 0 Å². The van der Waals surface area contributed by atoms with E-state index >= 15 is 0 Å². The summed E-state index contributed by atoms with van der Waals surface area (Å²) in [6.07, 6.45) is 22.5. The van der Waals surface area contributed by atoms with Crippen molar-refractivity contribution in [1.29, 1.82) is 0 Å². The van der Waals surface area contributed by atoms with Gasteiger partial charge in [-0.1, -0.05) is 96.3 Å². The van der Waals surface area contributed by atoms with Gasteiger partial charge in [0.2, 0.25) is 0 Å². The fourth-order valence-electron chi connectivity index (χ4n) is 2.65. The minimum absolute atomic E-state index is 0. The van der Waals surface area contributed by atoms with Crippen molar-refractivity contribution in [3.63, 3.8) is 0 Å². The second-order valence-electron chi connectivity index (χ2n) is 7.47. The molecule has 3 aliphatic rings. The average Bonchev–Trinajstić information content (AvgIpc) is 3.38. The van der Waals surface area contributed by atoms with Gasteiger partial charge < -0.3 is 5.11 Å². The first-order chi connectivity index (χ1) is 11.5. The van der Waals surface area contributed by atoms with Gasteiger partial charge in [-0.3, -0.25) is 0 Å². The SMILES string of the molecule is C1CCCC1.C1CCCC1.C1CCCC1.CC(C)(C)O.[C-]#[O+].[C-]#[O+].[Ru+].[Ti+2]. The van der Waals surface area contributed by atoms with Crippen LogP contribution < -0.4 is 0 Å².